The van der Waals surface area contributed by atoms with Crippen molar-refractivity contribution in [1.82, 2.24) is 0 Å². The maximum atomic E-state index is 6.99. The fraction of sp³-hybridized carbons (Fsp3) is 0.354. The lowest BCUT2D eigenvalue weighted by Crippen LogP contribution is -2.62. The van der Waals surface area contributed by atoms with E-state index in [-0.39, 0.29) is 39.2 Å². The van der Waals surface area contributed by atoms with E-state index in [4.69, 9.17) is 4.42 Å². The Morgan fingerprint density at radius 1 is 0.420 bits per heavy atom. The molecule has 13 rings (SSSR count). The third-order valence-corrected chi connectivity index (χ3v) is 18.5. The Kier molecular flexibility index (Phi) is 8.39. The number of anilines is 6. The van der Waals surface area contributed by atoms with Crippen LogP contribution >= 0.6 is 0 Å². The molecule has 0 amide bonds. The maximum Gasteiger partial charge on any atom is 0.252 e. The summed E-state index contributed by atoms with van der Waals surface area (Å²) in [6, 6.07) is 45.4. The highest BCUT2D eigenvalue weighted by Gasteiger charge is 2.51. The molecule has 0 bridgehead atoms. The van der Waals surface area contributed by atoms with Crippen LogP contribution in [0.3, 0.4) is 0 Å². The highest BCUT2D eigenvalue weighted by molar-refractivity contribution is 7.00. The molecule has 0 spiro atoms. The summed E-state index contributed by atoms with van der Waals surface area (Å²) in [5.41, 5.74) is 27.4. The number of nitrogens with zero attached hydrogens (tertiary/aromatic N) is 2. The van der Waals surface area contributed by atoms with Crippen molar-refractivity contribution in [3.63, 3.8) is 0 Å². The molecule has 7 aromatic carbocycles. The maximum absolute atomic E-state index is 6.99. The van der Waals surface area contributed by atoms with Gasteiger partial charge in [-0.05, 0) is 169 Å². The van der Waals surface area contributed by atoms with Crippen molar-refractivity contribution in [2.75, 3.05) is 9.80 Å². The van der Waals surface area contributed by atoms with Gasteiger partial charge < -0.3 is 14.2 Å². The van der Waals surface area contributed by atoms with Gasteiger partial charge in [-0.1, -0.05) is 156 Å². The average molecular weight is 903 g/mol. The minimum absolute atomic E-state index is 0.0116. The number of aryl methyl sites for hydroxylation is 2. The van der Waals surface area contributed by atoms with Gasteiger partial charge in [0.25, 0.3) is 6.71 Å². The van der Waals surface area contributed by atoms with Crippen molar-refractivity contribution in [1.29, 1.82) is 0 Å². The van der Waals surface area contributed by atoms with E-state index in [0.29, 0.717) is 0 Å². The predicted molar refractivity (Wildman–Crippen MR) is 294 cm³/mol. The molecule has 3 nitrogen and oxygen atoms in total. The number of benzene rings is 7. The van der Waals surface area contributed by atoms with Gasteiger partial charge in [-0.15, -0.1) is 0 Å². The lowest BCUT2D eigenvalue weighted by atomic mass is 9.32. The zero-order chi connectivity index (χ0) is 48.3. The second-order valence-corrected chi connectivity index (χ2v) is 25.7. The third kappa shape index (κ3) is 5.64. The van der Waals surface area contributed by atoms with Crippen LogP contribution in [0, 0.1) is 13.8 Å². The second-order valence-electron chi connectivity index (χ2n) is 25.7. The standard InChI is InChI=1S/C65H67BN2O/c1-37-28-55-58-56(29-37)68(52-33-45-43(30-38(52)2)60(3,4)26-27-61(45,5)6)54-35-48-47(64(11,12)41-22-16-17-23-42(41)65(48,13)14)32-50(54)66(58)49-31-44-46(63(9,10)36-62(44,7)8)34-53(49)67(55)51-24-19-21-40-39-20-15-18-25-57(39)69-59(40)51/h15-25,28-35H,26-27,36H2,1-14H3. The van der Waals surface area contributed by atoms with Gasteiger partial charge in [0.05, 0.1) is 5.69 Å². The SMILES string of the molecule is Cc1cc2c3c(c1)N(c1cccc4c1oc1ccccc14)c1cc4c(cc1B3c1cc3c(cc1N2c1cc2c(cc1C)C(C)(C)CCC2(C)C)C(C)(C)c1ccccc1C3(C)C)C(C)(C)CC4(C)C. The molecule has 3 aliphatic carbocycles. The fourth-order valence-electron chi connectivity index (χ4n) is 14.9. The minimum atomic E-state index is -0.209. The summed E-state index contributed by atoms with van der Waals surface area (Å²) in [5, 5.41) is 2.30. The van der Waals surface area contributed by atoms with E-state index in [9.17, 15) is 0 Å². The Morgan fingerprint density at radius 3 is 1.54 bits per heavy atom. The molecule has 69 heavy (non-hydrogen) atoms. The van der Waals surface area contributed by atoms with Gasteiger partial charge in [-0.3, -0.25) is 0 Å². The summed E-state index contributed by atoms with van der Waals surface area (Å²) in [6.07, 6.45) is 3.46. The fourth-order valence-corrected chi connectivity index (χ4v) is 14.9. The van der Waals surface area contributed by atoms with Crippen LogP contribution in [0.25, 0.3) is 21.9 Å². The zero-order valence-electron chi connectivity index (χ0n) is 43.5. The Hall–Kier alpha value is -6.00. The topological polar surface area (TPSA) is 19.6 Å². The van der Waals surface area contributed by atoms with Crippen LogP contribution in [-0.2, 0) is 32.5 Å². The summed E-state index contributed by atoms with van der Waals surface area (Å²) in [4.78, 5) is 5.33. The first-order valence-corrected chi connectivity index (χ1v) is 25.8. The summed E-state index contributed by atoms with van der Waals surface area (Å²) in [6.45, 7) is 34.3. The molecule has 0 saturated carbocycles. The molecule has 4 heteroatoms. The number of rotatable bonds is 2. The summed E-state index contributed by atoms with van der Waals surface area (Å²) >= 11 is 0. The Labute approximate surface area is 411 Å². The number of para-hydroxylation sites is 2. The lowest BCUT2D eigenvalue weighted by Gasteiger charge is -2.49. The first-order chi connectivity index (χ1) is 32.5. The van der Waals surface area contributed by atoms with E-state index in [0.717, 1.165) is 34.0 Å². The van der Waals surface area contributed by atoms with E-state index in [1.54, 1.807) is 0 Å². The lowest BCUT2D eigenvalue weighted by molar-refractivity contribution is 0.332. The van der Waals surface area contributed by atoms with Crippen LogP contribution in [0.1, 0.15) is 158 Å². The van der Waals surface area contributed by atoms with Crippen molar-refractivity contribution >= 4 is 79.2 Å². The third-order valence-electron chi connectivity index (χ3n) is 18.5. The number of hydrogen-bond donors (Lipinski definition) is 0. The normalized spacial score (nSPS) is 19.9. The first-order valence-electron chi connectivity index (χ1n) is 25.8. The number of fused-ring (bicyclic) bond motifs is 11. The van der Waals surface area contributed by atoms with Gasteiger partial charge in [0, 0.05) is 50.0 Å². The van der Waals surface area contributed by atoms with Crippen LogP contribution in [0.2, 0.25) is 0 Å². The summed E-state index contributed by atoms with van der Waals surface area (Å²) in [7, 11) is 0. The van der Waals surface area contributed by atoms with Gasteiger partial charge in [0.15, 0.2) is 5.58 Å². The van der Waals surface area contributed by atoms with E-state index < -0.39 is 0 Å². The van der Waals surface area contributed by atoms with Gasteiger partial charge in [-0.2, -0.15) is 0 Å². The van der Waals surface area contributed by atoms with E-state index in [1.165, 1.54) is 113 Å². The number of furan rings is 1. The Balaban J connectivity index is 1.19. The molecule has 2 aliphatic heterocycles. The molecule has 0 atom stereocenters. The van der Waals surface area contributed by atoms with Gasteiger partial charge >= 0.3 is 0 Å². The molecule has 0 unspecified atom stereocenters. The highest BCUT2D eigenvalue weighted by atomic mass is 16.3. The van der Waals surface area contributed by atoms with Gasteiger partial charge in [0.1, 0.15) is 5.58 Å². The Morgan fingerprint density at radius 2 is 0.899 bits per heavy atom. The molecular formula is C65H67BN2O. The summed E-state index contributed by atoms with van der Waals surface area (Å²) < 4.78 is 6.99. The molecule has 5 aliphatic rings. The van der Waals surface area contributed by atoms with E-state index >= 15 is 0 Å². The first kappa shape index (κ1) is 43.1. The van der Waals surface area contributed by atoms with Crippen LogP contribution < -0.4 is 26.2 Å². The molecule has 0 saturated heterocycles. The molecule has 8 aromatic rings. The molecule has 0 radical (unpaired) electrons. The average Bonchev–Trinajstić information content (AvgIpc) is 3.76. The second kappa shape index (κ2) is 13.4. The van der Waals surface area contributed by atoms with E-state index in [2.05, 4.69) is 222 Å². The van der Waals surface area contributed by atoms with Crippen molar-refractivity contribution in [3.05, 3.63) is 171 Å². The van der Waals surface area contributed by atoms with Crippen LogP contribution in [0.15, 0.2) is 120 Å². The van der Waals surface area contributed by atoms with Crippen LogP contribution in [0.4, 0.5) is 34.1 Å². The monoisotopic (exact) mass is 903 g/mol. The molecule has 346 valence electrons. The summed E-state index contributed by atoms with van der Waals surface area (Å²) in [5.74, 6) is 0. The number of hydrogen-bond acceptors (Lipinski definition) is 3. The molecule has 0 fully saturated rings. The van der Waals surface area contributed by atoms with E-state index in [1.807, 2.05) is 0 Å². The largest absolute Gasteiger partial charge is 0.454 e. The molecular weight excluding hydrogens is 836 g/mol. The van der Waals surface area contributed by atoms with Crippen LogP contribution in [-0.4, -0.2) is 6.71 Å². The van der Waals surface area contributed by atoms with Crippen molar-refractivity contribution < 1.29 is 4.42 Å². The highest BCUT2D eigenvalue weighted by Crippen LogP contribution is 2.57. The van der Waals surface area contributed by atoms with Crippen LogP contribution in [0.5, 0.6) is 0 Å². The molecule has 0 N–H and O–H groups in total. The van der Waals surface area contributed by atoms with Crippen molar-refractivity contribution in [2.24, 2.45) is 0 Å². The predicted octanol–water partition coefficient (Wildman–Crippen LogP) is 15.6. The zero-order valence-corrected chi connectivity index (χ0v) is 43.5. The van der Waals surface area contributed by atoms with Crippen molar-refractivity contribution in [2.45, 2.75) is 149 Å². The van der Waals surface area contributed by atoms with Gasteiger partial charge in [-0.25, -0.2) is 0 Å². The van der Waals surface area contributed by atoms with Crippen molar-refractivity contribution in [3.8, 4) is 0 Å². The quantitative estimate of drug-likeness (QED) is 0.161. The molecule has 3 heterocycles. The smallest absolute Gasteiger partial charge is 0.252 e. The Bertz CT molecular complexity index is 3590. The van der Waals surface area contributed by atoms with Gasteiger partial charge in [0.2, 0.25) is 0 Å². The minimum Gasteiger partial charge on any atom is -0.454 e. The molecule has 1 aromatic heterocycles.